The molecular weight excluding hydrogens is 586 g/mol. The smallest absolute Gasteiger partial charge is 0.272 e. The molecule has 1 atom stereocenters. The molecule has 0 aliphatic carbocycles. The number of halogens is 4. The van der Waals surface area contributed by atoms with Gasteiger partial charge in [0.05, 0.1) is 22.0 Å². The Bertz CT molecular complexity index is 1670. The van der Waals surface area contributed by atoms with Crippen LogP contribution in [0.3, 0.4) is 0 Å². The molecule has 13 heteroatoms. The summed E-state index contributed by atoms with van der Waals surface area (Å²) in [5.74, 6) is -2.08. The number of anilines is 2. The molecule has 0 saturated heterocycles. The van der Waals surface area contributed by atoms with Crippen molar-refractivity contribution in [2.24, 2.45) is 4.99 Å². The van der Waals surface area contributed by atoms with Crippen LogP contribution in [0.2, 0.25) is 20.1 Å². The van der Waals surface area contributed by atoms with Gasteiger partial charge < -0.3 is 16.0 Å². The number of nitrogens with zero attached hydrogens (tertiary/aromatic N) is 2. The Balaban J connectivity index is 1.44. The van der Waals surface area contributed by atoms with Crippen molar-refractivity contribution in [2.45, 2.75) is 6.17 Å². The van der Waals surface area contributed by atoms with E-state index in [0.29, 0.717) is 32.6 Å². The number of amides is 3. The van der Waals surface area contributed by atoms with Crippen LogP contribution in [0, 0.1) is 0 Å². The molecule has 2 heterocycles. The first-order valence-corrected chi connectivity index (χ1v) is 12.8. The molecule has 1 aromatic heterocycles. The molecule has 196 valence electrons. The van der Waals surface area contributed by atoms with E-state index in [9.17, 15) is 14.4 Å². The van der Waals surface area contributed by atoms with Crippen molar-refractivity contribution in [2.75, 3.05) is 10.6 Å². The largest absolute Gasteiger partial charge is 0.322 e. The highest BCUT2D eigenvalue weighted by atomic mass is 35.5. The highest BCUT2D eigenvalue weighted by molar-refractivity contribution is 6.38. The lowest BCUT2D eigenvalue weighted by molar-refractivity contribution is -0.117. The topological polar surface area (TPSA) is 128 Å². The van der Waals surface area contributed by atoms with Gasteiger partial charge >= 0.3 is 0 Å². The fraction of sp³-hybridized carbons (Fsp3) is 0.0385. The molecule has 1 aliphatic heterocycles. The second kappa shape index (κ2) is 11.1. The second-order valence-corrected chi connectivity index (χ2v) is 9.84. The summed E-state index contributed by atoms with van der Waals surface area (Å²) in [7, 11) is 0. The number of nitrogens with one attached hydrogen (secondary N) is 4. The summed E-state index contributed by atoms with van der Waals surface area (Å²) >= 11 is 25.1. The first kappa shape index (κ1) is 26.7. The zero-order chi connectivity index (χ0) is 27.7. The zero-order valence-electron chi connectivity index (χ0n) is 19.6. The maximum atomic E-state index is 13.2. The Morgan fingerprint density at radius 2 is 1.56 bits per heavy atom. The van der Waals surface area contributed by atoms with Gasteiger partial charge in [0.2, 0.25) is 6.17 Å². The Morgan fingerprint density at radius 1 is 0.846 bits per heavy atom. The van der Waals surface area contributed by atoms with E-state index in [1.807, 2.05) is 0 Å². The maximum absolute atomic E-state index is 13.2. The molecule has 0 spiro atoms. The average molecular weight is 602 g/mol. The number of fused-ring (bicyclic) bond motifs is 1. The van der Waals surface area contributed by atoms with E-state index in [2.05, 4.69) is 31.1 Å². The van der Waals surface area contributed by atoms with Gasteiger partial charge in [-0.25, -0.2) is 4.99 Å². The number of aromatic nitrogens is 2. The number of benzene rings is 3. The molecule has 5 rings (SSSR count). The first-order valence-electron chi connectivity index (χ1n) is 11.3. The highest BCUT2D eigenvalue weighted by Crippen LogP contribution is 2.30. The van der Waals surface area contributed by atoms with E-state index in [0.717, 1.165) is 0 Å². The zero-order valence-corrected chi connectivity index (χ0v) is 22.6. The minimum absolute atomic E-state index is 0.0978. The third kappa shape index (κ3) is 5.48. The molecule has 3 aromatic carbocycles. The van der Waals surface area contributed by atoms with Crippen molar-refractivity contribution in [3.05, 3.63) is 109 Å². The summed E-state index contributed by atoms with van der Waals surface area (Å²) in [5.41, 5.74) is 1.82. The van der Waals surface area contributed by atoms with Gasteiger partial charge in [-0.1, -0.05) is 76.7 Å². The molecule has 39 heavy (non-hydrogen) atoms. The SMILES string of the molecule is O=C(Nc1n[nH]c(C(=O)NC2N=C(c3ccccc3Cl)c3cc(Cl)ccc3NC2=O)c1Cl)c1ccccc1Cl. The van der Waals surface area contributed by atoms with Gasteiger partial charge in [0.1, 0.15) is 10.7 Å². The lowest BCUT2D eigenvalue weighted by Gasteiger charge is -2.13. The summed E-state index contributed by atoms with van der Waals surface area (Å²) in [5, 5.41) is 15.0. The van der Waals surface area contributed by atoms with E-state index < -0.39 is 23.9 Å². The Labute approximate surface area is 241 Å². The van der Waals surface area contributed by atoms with Crippen LogP contribution in [-0.2, 0) is 4.79 Å². The van der Waals surface area contributed by atoms with Crippen LogP contribution in [0.5, 0.6) is 0 Å². The predicted molar refractivity (Wildman–Crippen MR) is 151 cm³/mol. The Hall–Kier alpha value is -3.89. The molecule has 0 fully saturated rings. The number of aliphatic imine (C=N–C) groups is 1. The third-order valence-corrected chi connectivity index (χ3v) is 6.94. The van der Waals surface area contributed by atoms with Crippen molar-refractivity contribution < 1.29 is 14.4 Å². The van der Waals surface area contributed by atoms with E-state index in [1.165, 1.54) is 6.07 Å². The van der Waals surface area contributed by atoms with Crippen molar-refractivity contribution in [1.82, 2.24) is 15.5 Å². The Kier molecular flexibility index (Phi) is 7.58. The number of aromatic amines is 1. The number of hydrogen-bond donors (Lipinski definition) is 4. The second-order valence-electron chi connectivity index (χ2n) is 8.21. The van der Waals surface area contributed by atoms with Crippen molar-refractivity contribution in [1.29, 1.82) is 0 Å². The molecule has 9 nitrogen and oxygen atoms in total. The van der Waals surface area contributed by atoms with Gasteiger partial charge in [-0.05, 0) is 36.4 Å². The monoisotopic (exact) mass is 600 g/mol. The van der Waals surface area contributed by atoms with Gasteiger partial charge in [0.15, 0.2) is 5.82 Å². The van der Waals surface area contributed by atoms with Crippen LogP contribution in [0.1, 0.15) is 32.0 Å². The Morgan fingerprint density at radius 3 is 2.31 bits per heavy atom. The minimum atomic E-state index is -1.38. The first-order chi connectivity index (χ1) is 18.7. The third-order valence-electron chi connectivity index (χ3n) is 5.68. The molecule has 4 aromatic rings. The number of hydrogen-bond acceptors (Lipinski definition) is 5. The standard InChI is InChI=1S/C26H16Cl4N6O3/c27-12-9-10-18-15(11-12)20(13-5-1-3-7-16(13)28)32-23(26(39)31-18)34-25(38)21-19(30)22(36-35-21)33-24(37)14-6-2-4-8-17(14)29/h1-11,23H,(H,31,39)(H,34,38)(H2,33,35,36,37). The van der Waals surface area contributed by atoms with Gasteiger partial charge in [0, 0.05) is 21.2 Å². The lowest BCUT2D eigenvalue weighted by Crippen LogP contribution is -2.42. The quantitative estimate of drug-likeness (QED) is 0.230. The summed E-state index contributed by atoms with van der Waals surface area (Å²) < 4.78 is 0. The van der Waals surface area contributed by atoms with Crippen LogP contribution in [0.25, 0.3) is 0 Å². The highest BCUT2D eigenvalue weighted by Gasteiger charge is 2.30. The van der Waals surface area contributed by atoms with Gasteiger partial charge in [-0.2, -0.15) is 5.10 Å². The molecule has 0 bridgehead atoms. The van der Waals surface area contributed by atoms with E-state index >= 15 is 0 Å². The van der Waals surface area contributed by atoms with Crippen LogP contribution < -0.4 is 16.0 Å². The summed E-state index contributed by atoms with van der Waals surface area (Å²) in [6.45, 7) is 0. The normalized spacial score (nSPS) is 14.5. The van der Waals surface area contributed by atoms with Gasteiger partial charge in [-0.3, -0.25) is 19.5 Å². The summed E-state index contributed by atoms with van der Waals surface area (Å²) in [6.07, 6.45) is -1.38. The van der Waals surface area contributed by atoms with Crippen LogP contribution in [-0.4, -0.2) is 39.8 Å². The number of carbonyl (C=O) groups is 3. The molecule has 4 N–H and O–H groups in total. The number of carbonyl (C=O) groups excluding carboxylic acids is 3. The average Bonchev–Trinajstić information content (AvgIpc) is 3.21. The number of rotatable bonds is 5. The maximum Gasteiger partial charge on any atom is 0.272 e. The molecule has 0 radical (unpaired) electrons. The fourth-order valence-electron chi connectivity index (χ4n) is 3.82. The molecule has 1 aliphatic rings. The molecule has 3 amide bonds. The van der Waals surface area contributed by atoms with Crippen molar-refractivity contribution in [3.8, 4) is 0 Å². The van der Waals surface area contributed by atoms with Crippen LogP contribution >= 0.6 is 46.4 Å². The predicted octanol–water partition coefficient (Wildman–Crippen LogP) is 5.82. The lowest BCUT2D eigenvalue weighted by atomic mass is 10.0. The fourth-order valence-corrected chi connectivity index (χ4v) is 4.66. The van der Waals surface area contributed by atoms with E-state index in [4.69, 9.17) is 46.4 Å². The molecule has 0 saturated carbocycles. The van der Waals surface area contributed by atoms with Crippen LogP contribution in [0.4, 0.5) is 11.5 Å². The minimum Gasteiger partial charge on any atom is -0.322 e. The summed E-state index contributed by atoms with van der Waals surface area (Å²) in [4.78, 5) is 43.4. The molecular formula is C26H16Cl4N6O3. The van der Waals surface area contributed by atoms with Gasteiger partial charge in [-0.15, -0.1) is 0 Å². The summed E-state index contributed by atoms with van der Waals surface area (Å²) in [6, 6.07) is 18.2. The van der Waals surface area contributed by atoms with Crippen LogP contribution in [0.15, 0.2) is 71.7 Å². The molecule has 1 unspecified atom stereocenters. The van der Waals surface area contributed by atoms with E-state index in [-0.39, 0.29) is 27.1 Å². The van der Waals surface area contributed by atoms with Crippen molar-refractivity contribution in [3.63, 3.8) is 0 Å². The van der Waals surface area contributed by atoms with Gasteiger partial charge in [0.25, 0.3) is 17.7 Å². The van der Waals surface area contributed by atoms with E-state index in [1.54, 1.807) is 60.7 Å². The number of benzodiazepines with no additional fused rings is 1. The number of H-pyrrole nitrogens is 1. The van der Waals surface area contributed by atoms with Crippen molar-refractivity contribution >= 4 is 81.3 Å².